The lowest BCUT2D eigenvalue weighted by Crippen LogP contribution is -2.37. The first-order valence-electron chi connectivity index (χ1n) is 5.15. The molecule has 1 aliphatic carbocycles. The normalized spacial score (nSPS) is 34.1. The van der Waals surface area contributed by atoms with Crippen LogP contribution in [0, 0.1) is 0 Å². The molecule has 4 heteroatoms. The summed E-state index contributed by atoms with van der Waals surface area (Å²) < 4.78 is 0. The van der Waals surface area contributed by atoms with E-state index in [0.29, 0.717) is 11.9 Å². The number of hydrogen-bond acceptors (Lipinski definition) is 4. The zero-order valence-corrected chi connectivity index (χ0v) is 8.36. The third-order valence-electron chi connectivity index (χ3n) is 2.96. The van der Waals surface area contributed by atoms with Gasteiger partial charge in [0.2, 0.25) is 0 Å². The smallest absolute Gasteiger partial charge is 0.156 e. The van der Waals surface area contributed by atoms with Crippen molar-refractivity contribution in [1.29, 1.82) is 0 Å². The lowest BCUT2D eigenvalue weighted by molar-refractivity contribution is -0.113. The van der Waals surface area contributed by atoms with Gasteiger partial charge in [0, 0.05) is 6.08 Å². The number of fused-ring (bicyclic) bond motifs is 1. The molecule has 0 aromatic rings. The zero-order chi connectivity index (χ0) is 10.1. The van der Waals surface area contributed by atoms with Crippen LogP contribution < -0.4 is 5.32 Å². The SMILES string of the molecule is CC(=O)/C=C1\NC2CCCCC2N1O. The summed E-state index contributed by atoms with van der Waals surface area (Å²) in [6, 6.07) is 0.480. The largest absolute Gasteiger partial charge is 0.365 e. The third-order valence-corrected chi connectivity index (χ3v) is 2.96. The van der Waals surface area contributed by atoms with E-state index in [1.54, 1.807) is 0 Å². The Balaban J connectivity index is 2.13. The molecule has 0 radical (unpaired) electrons. The minimum Gasteiger partial charge on any atom is -0.365 e. The predicted octanol–water partition coefficient (Wildman–Crippen LogP) is 1.02. The fourth-order valence-electron chi connectivity index (χ4n) is 2.31. The van der Waals surface area contributed by atoms with Crippen molar-refractivity contribution in [3.05, 3.63) is 11.9 Å². The summed E-state index contributed by atoms with van der Waals surface area (Å²) in [5, 5.41) is 14.2. The van der Waals surface area contributed by atoms with Crippen LogP contribution in [0.25, 0.3) is 0 Å². The highest BCUT2D eigenvalue weighted by Crippen LogP contribution is 2.29. The number of rotatable bonds is 1. The van der Waals surface area contributed by atoms with Gasteiger partial charge in [-0.25, -0.2) is 5.06 Å². The monoisotopic (exact) mass is 196 g/mol. The summed E-state index contributed by atoms with van der Waals surface area (Å²) >= 11 is 0. The van der Waals surface area contributed by atoms with Crippen LogP contribution in [-0.2, 0) is 4.79 Å². The van der Waals surface area contributed by atoms with Gasteiger partial charge in [-0.2, -0.15) is 0 Å². The van der Waals surface area contributed by atoms with Gasteiger partial charge in [-0.05, 0) is 19.8 Å². The first kappa shape index (κ1) is 9.52. The molecule has 1 heterocycles. The highest BCUT2D eigenvalue weighted by molar-refractivity contribution is 5.87. The average molecular weight is 196 g/mol. The highest BCUT2D eigenvalue weighted by Gasteiger charge is 2.37. The van der Waals surface area contributed by atoms with Crippen LogP contribution in [0.5, 0.6) is 0 Å². The summed E-state index contributed by atoms with van der Waals surface area (Å²) in [5.74, 6) is 0.527. The van der Waals surface area contributed by atoms with Crippen LogP contribution in [0.1, 0.15) is 32.6 Å². The Kier molecular flexibility index (Phi) is 2.46. The van der Waals surface area contributed by atoms with E-state index >= 15 is 0 Å². The lowest BCUT2D eigenvalue weighted by atomic mass is 9.92. The van der Waals surface area contributed by atoms with Crippen molar-refractivity contribution in [2.75, 3.05) is 0 Å². The summed E-state index contributed by atoms with van der Waals surface area (Å²) in [5.41, 5.74) is 0. The molecule has 14 heavy (non-hydrogen) atoms. The number of nitrogens with one attached hydrogen (secondary N) is 1. The second-order valence-electron chi connectivity index (χ2n) is 4.09. The predicted molar refractivity (Wildman–Crippen MR) is 51.6 cm³/mol. The van der Waals surface area contributed by atoms with E-state index in [1.165, 1.54) is 24.5 Å². The van der Waals surface area contributed by atoms with Crippen molar-refractivity contribution >= 4 is 5.78 Å². The molecule has 1 aliphatic heterocycles. The van der Waals surface area contributed by atoms with Crippen molar-refractivity contribution in [2.24, 2.45) is 0 Å². The van der Waals surface area contributed by atoms with E-state index in [-0.39, 0.29) is 11.8 Å². The fourth-order valence-corrected chi connectivity index (χ4v) is 2.31. The molecular formula is C10H16N2O2. The van der Waals surface area contributed by atoms with Gasteiger partial charge in [0.1, 0.15) is 5.82 Å². The van der Waals surface area contributed by atoms with Gasteiger partial charge in [0.25, 0.3) is 0 Å². The topological polar surface area (TPSA) is 52.6 Å². The molecule has 2 N–H and O–H groups in total. The molecule has 2 fully saturated rings. The summed E-state index contributed by atoms with van der Waals surface area (Å²) in [6.45, 7) is 1.49. The number of carbonyl (C=O) groups excluding carboxylic acids is 1. The second-order valence-corrected chi connectivity index (χ2v) is 4.09. The summed E-state index contributed by atoms with van der Waals surface area (Å²) in [4.78, 5) is 10.9. The number of hydroxylamine groups is 2. The van der Waals surface area contributed by atoms with Gasteiger partial charge in [0.15, 0.2) is 5.78 Å². The maximum absolute atomic E-state index is 10.9. The third kappa shape index (κ3) is 1.62. The molecule has 0 aromatic heterocycles. The van der Waals surface area contributed by atoms with Gasteiger partial charge in [-0.15, -0.1) is 0 Å². The Morgan fingerprint density at radius 2 is 2.29 bits per heavy atom. The van der Waals surface area contributed by atoms with E-state index in [4.69, 9.17) is 0 Å². The summed E-state index contributed by atoms with van der Waals surface area (Å²) in [6.07, 6.45) is 5.90. The van der Waals surface area contributed by atoms with Crippen LogP contribution >= 0.6 is 0 Å². The Morgan fingerprint density at radius 3 is 2.93 bits per heavy atom. The lowest BCUT2D eigenvalue weighted by Gasteiger charge is -2.26. The molecule has 2 unspecified atom stereocenters. The van der Waals surface area contributed by atoms with Gasteiger partial charge in [-0.3, -0.25) is 10.0 Å². The van der Waals surface area contributed by atoms with E-state index in [1.807, 2.05) is 0 Å². The number of hydrogen-bond donors (Lipinski definition) is 2. The van der Waals surface area contributed by atoms with Crippen LogP contribution in [0.4, 0.5) is 0 Å². The van der Waals surface area contributed by atoms with E-state index in [2.05, 4.69) is 5.32 Å². The van der Waals surface area contributed by atoms with Gasteiger partial charge in [0.05, 0.1) is 12.1 Å². The number of carbonyl (C=O) groups is 1. The Morgan fingerprint density at radius 1 is 1.57 bits per heavy atom. The van der Waals surface area contributed by atoms with Crippen LogP contribution in [-0.4, -0.2) is 28.1 Å². The molecule has 1 saturated carbocycles. The number of ketones is 1. The van der Waals surface area contributed by atoms with Crippen molar-refractivity contribution in [2.45, 2.75) is 44.7 Å². The minimum atomic E-state index is -0.0369. The van der Waals surface area contributed by atoms with E-state index in [0.717, 1.165) is 19.3 Å². The molecule has 0 spiro atoms. The molecule has 2 rings (SSSR count). The molecule has 0 bridgehead atoms. The highest BCUT2D eigenvalue weighted by atomic mass is 16.5. The zero-order valence-electron chi connectivity index (χ0n) is 8.36. The van der Waals surface area contributed by atoms with Crippen molar-refractivity contribution < 1.29 is 10.0 Å². The molecule has 4 nitrogen and oxygen atoms in total. The average Bonchev–Trinajstić information content (AvgIpc) is 2.44. The van der Waals surface area contributed by atoms with Crippen molar-refractivity contribution in [1.82, 2.24) is 10.4 Å². The maximum atomic E-state index is 10.9. The Labute approximate surface area is 83.5 Å². The quantitative estimate of drug-likeness (QED) is 0.615. The second kappa shape index (κ2) is 3.61. The van der Waals surface area contributed by atoms with Gasteiger partial charge >= 0.3 is 0 Å². The molecule has 2 aliphatic rings. The van der Waals surface area contributed by atoms with E-state index in [9.17, 15) is 10.0 Å². The first-order chi connectivity index (χ1) is 6.68. The molecule has 1 saturated heterocycles. The maximum Gasteiger partial charge on any atom is 0.156 e. The Hall–Kier alpha value is -1.03. The Bertz CT molecular complexity index is 275. The van der Waals surface area contributed by atoms with Crippen LogP contribution in [0.15, 0.2) is 11.9 Å². The standard InChI is InChI=1S/C10H16N2O2/c1-7(13)6-10-11-8-4-2-3-5-9(8)12(10)14/h6,8-9,11,14H,2-5H2,1H3/b10-6+. The number of nitrogens with zero attached hydrogens (tertiary/aromatic N) is 1. The van der Waals surface area contributed by atoms with E-state index < -0.39 is 0 Å². The number of allylic oxidation sites excluding steroid dienone is 1. The molecule has 0 amide bonds. The van der Waals surface area contributed by atoms with Crippen molar-refractivity contribution in [3.63, 3.8) is 0 Å². The summed E-state index contributed by atoms with van der Waals surface area (Å²) in [7, 11) is 0. The minimum absolute atomic E-state index is 0.0369. The molecule has 78 valence electrons. The molecule has 0 aromatic carbocycles. The van der Waals surface area contributed by atoms with Gasteiger partial charge in [-0.1, -0.05) is 12.8 Å². The molecular weight excluding hydrogens is 180 g/mol. The van der Waals surface area contributed by atoms with Crippen LogP contribution in [0.3, 0.4) is 0 Å². The first-order valence-corrected chi connectivity index (χ1v) is 5.15. The van der Waals surface area contributed by atoms with Crippen LogP contribution in [0.2, 0.25) is 0 Å². The van der Waals surface area contributed by atoms with Gasteiger partial charge < -0.3 is 5.32 Å². The van der Waals surface area contributed by atoms with Crippen molar-refractivity contribution in [3.8, 4) is 0 Å². The molecule has 2 atom stereocenters. The fraction of sp³-hybridized carbons (Fsp3) is 0.700.